The number of halogens is 1. The zero-order valence-corrected chi connectivity index (χ0v) is 10.2. The van der Waals surface area contributed by atoms with E-state index in [0.717, 1.165) is 24.7 Å². The minimum absolute atomic E-state index is 0.167. The molecule has 92 valence electrons. The van der Waals surface area contributed by atoms with Gasteiger partial charge in [0.25, 0.3) is 0 Å². The smallest absolute Gasteiger partial charge is 0.125 e. The summed E-state index contributed by atoms with van der Waals surface area (Å²) in [6.07, 6.45) is 3.88. The molecule has 2 atom stereocenters. The Morgan fingerprint density at radius 2 is 2.18 bits per heavy atom. The van der Waals surface area contributed by atoms with E-state index in [4.69, 9.17) is 0 Å². The monoisotopic (exact) mass is 234 g/mol. The van der Waals surface area contributed by atoms with Crippen LogP contribution in [0.15, 0.2) is 24.3 Å². The highest BCUT2D eigenvalue weighted by Crippen LogP contribution is 2.34. The Balaban J connectivity index is 1.63. The van der Waals surface area contributed by atoms with Crippen LogP contribution in [0.25, 0.3) is 0 Å². The van der Waals surface area contributed by atoms with Crippen molar-refractivity contribution in [2.24, 2.45) is 0 Å². The van der Waals surface area contributed by atoms with Crippen molar-refractivity contribution in [2.45, 2.75) is 44.3 Å². The van der Waals surface area contributed by atoms with E-state index in [2.05, 4.69) is 17.1 Å². The molecule has 1 saturated carbocycles. The molecule has 3 rings (SSSR count). The van der Waals surface area contributed by atoms with Gasteiger partial charge in [-0.3, -0.25) is 4.90 Å². The third kappa shape index (κ3) is 2.44. The molecule has 0 aromatic heterocycles. The fourth-order valence-electron chi connectivity index (χ4n) is 2.89. The standard InChI is InChI=1S/C14H19FN2/c1-10-7-13(9-17(10)14-5-6-14)16-12-4-2-3-11(15)8-12/h2-4,8,10,13-14,16H,5-7,9H2,1H3. The predicted octanol–water partition coefficient (Wildman–Crippen LogP) is 2.86. The lowest BCUT2D eigenvalue weighted by Crippen LogP contribution is -2.31. The number of nitrogens with zero attached hydrogens (tertiary/aromatic N) is 1. The number of nitrogens with one attached hydrogen (secondary N) is 1. The van der Waals surface area contributed by atoms with Gasteiger partial charge in [0.05, 0.1) is 0 Å². The molecule has 1 aromatic carbocycles. The fraction of sp³-hybridized carbons (Fsp3) is 0.571. The zero-order valence-electron chi connectivity index (χ0n) is 10.2. The second-order valence-corrected chi connectivity index (χ2v) is 5.36. The Bertz CT molecular complexity index is 403. The van der Waals surface area contributed by atoms with Crippen molar-refractivity contribution in [3.63, 3.8) is 0 Å². The van der Waals surface area contributed by atoms with E-state index >= 15 is 0 Å². The second kappa shape index (κ2) is 4.30. The molecule has 2 nitrogen and oxygen atoms in total. The first-order chi connectivity index (χ1) is 8.22. The number of hydrogen-bond acceptors (Lipinski definition) is 2. The van der Waals surface area contributed by atoms with Gasteiger partial charge in [-0.15, -0.1) is 0 Å². The van der Waals surface area contributed by atoms with Crippen molar-refractivity contribution in [1.82, 2.24) is 4.90 Å². The minimum Gasteiger partial charge on any atom is -0.381 e. The van der Waals surface area contributed by atoms with Crippen molar-refractivity contribution in [3.05, 3.63) is 30.1 Å². The number of anilines is 1. The van der Waals surface area contributed by atoms with Crippen LogP contribution in [0.3, 0.4) is 0 Å². The molecule has 0 radical (unpaired) electrons. The molecular formula is C14H19FN2. The highest BCUT2D eigenvalue weighted by molar-refractivity contribution is 5.44. The molecular weight excluding hydrogens is 215 g/mol. The van der Waals surface area contributed by atoms with Gasteiger partial charge in [-0.1, -0.05) is 6.07 Å². The molecule has 2 fully saturated rings. The summed E-state index contributed by atoms with van der Waals surface area (Å²) in [5.41, 5.74) is 0.903. The summed E-state index contributed by atoms with van der Waals surface area (Å²) in [5, 5.41) is 3.44. The van der Waals surface area contributed by atoms with Crippen LogP contribution in [0.4, 0.5) is 10.1 Å². The SMILES string of the molecule is CC1CC(Nc2cccc(F)c2)CN1C1CC1. The van der Waals surface area contributed by atoms with E-state index in [1.807, 2.05) is 6.07 Å². The zero-order chi connectivity index (χ0) is 11.8. The quantitative estimate of drug-likeness (QED) is 0.865. The van der Waals surface area contributed by atoms with Crippen LogP contribution in [0, 0.1) is 5.82 Å². The highest BCUT2D eigenvalue weighted by Gasteiger charge is 2.38. The maximum absolute atomic E-state index is 13.1. The van der Waals surface area contributed by atoms with Crippen LogP contribution in [-0.4, -0.2) is 29.6 Å². The highest BCUT2D eigenvalue weighted by atomic mass is 19.1. The Labute approximate surface area is 102 Å². The summed E-state index contributed by atoms with van der Waals surface area (Å²) in [5.74, 6) is -0.167. The summed E-state index contributed by atoms with van der Waals surface area (Å²) in [4.78, 5) is 2.59. The first-order valence-corrected chi connectivity index (χ1v) is 6.50. The van der Waals surface area contributed by atoms with Crippen LogP contribution >= 0.6 is 0 Å². The van der Waals surface area contributed by atoms with Crippen molar-refractivity contribution in [2.75, 3.05) is 11.9 Å². The molecule has 1 aliphatic carbocycles. The summed E-state index contributed by atoms with van der Waals surface area (Å²) >= 11 is 0. The lowest BCUT2D eigenvalue weighted by molar-refractivity contribution is 0.257. The van der Waals surface area contributed by atoms with Crippen molar-refractivity contribution < 1.29 is 4.39 Å². The summed E-state index contributed by atoms with van der Waals surface area (Å²) in [7, 11) is 0. The van der Waals surface area contributed by atoms with Gasteiger partial charge < -0.3 is 5.32 Å². The average molecular weight is 234 g/mol. The van der Waals surface area contributed by atoms with Gasteiger partial charge in [0.2, 0.25) is 0 Å². The lowest BCUT2D eigenvalue weighted by Gasteiger charge is -2.19. The lowest BCUT2D eigenvalue weighted by atomic mass is 10.2. The molecule has 0 amide bonds. The largest absolute Gasteiger partial charge is 0.381 e. The third-order valence-electron chi connectivity index (χ3n) is 3.83. The van der Waals surface area contributed by atoms with Crippen LogP contribution in [0.1, 0.15) is 26.2 Å². The molecule has 1 aliphatic heterocycles. The molecule has 0 bridgehead atoms. The van der Waals surface area contributed by atoms with Gasteiger partial charge in [0, 0.05) is 30.4 Å². The molecule has 1 heterocycles. The Morgan fingerprint density at radius 1 is 1.35 bits per heavy atom. The average Bonchev–Trinajstić information content (AvgIpc) is 3.04. The van der Waals surface area contributed by atoms with Gasteiger partial charge >= 0.3 is 0 Å². The fourth-order valence-corrected chi connectivity index (χ4v) is 2.89. The van der Waals surface area contributed by atoms with E-state index < -0.39 is 0 Å². The Hall–Kier alpha value is -1.09. The summed E-state index contributed by atoms with van der Waals surface area (Å²) in [6.45, 7) is 3.40. The van der Waals surface area contributed by atoms with Crippen molar-refractivity contribution in [3.8, 4) is 0 Å². The van der Waals surface area contributed by atoms with Gasteiger partial charge in [-0.05, 0) is 44.4 Å². The van der Waals surface area contributed by atoms with E-state index in [1.165, 1.54) is 18.9 Å². The van der Waals surface area contributed by atoms with E-state index in [1.54, 1.807) is 12.1 Å². The minimum atomic E-state index is -0.167. The number of benzene rings is 1. The number of rotatable bonds is 3. The molecule has 0 spiro atoms. The second-order valence-electron chi connectivity index (χ2n) is 5.36. The normalized spacial score (nSPS) is 29.5. The maximum atomic E-state index is 13.1. The molecule has 1 aromatic rings. The van der Waals surface area contributed by atoms with Crippen LogP contribution < -0.4 is 5.32 Å². The van der Waals surface area contributed by atoms with Crippen LogP contribution in [0.5, 0.6) is 0 Å². The van der Waals surface area contributed by atoms with Crippen LogP contribution in [-0.2, 0) is 0 Å². The molecule has 3 heteroatoms. The summed E-state index contributed by atoms with van der Waals surface area (Å²) in [6, 6.07) is 8.70. The number of likely N-dealkylation sites (tertiary alicyclic amines) is 1. The van der Waals surface area contributed by atoms with E-state index in [0.29, 0.717) is 12.1 Å². The topological polar surface area (TPSA) is 15.3 Å². The predicted molar refractivity (Wildman–Crippen MR) is 67.6 cm³/mol. The van der Waals surface area contributed by atoms with Crippen molar-refractivity contribution >= 4 is 5.69 Å². The van der Waals surface area contributed by atoms with Gasteiger partial charge in [-0.2, -0.15) is 0 Å². The van der Waals surface area contributed by atoms with Gasteiger partial charge in [0.15, 0.2) is 0 Å². The summed E-state index contributed by atoms with van der Waals surface area (Å²) < 4.78 is 13.1. The molecule has 2 unspecified atom stereocenters. The van der Waals surface area contributed by atoms with Gasteiger partial charge in [0.1, 0.15) is 5.82 Å². The molecule has 1 N–H and O–H groups in total. The van der Waals surface area contributed by atoms with E-state index in [-0.39, 0.29) is 5.82 Å². The Kier molecular flexibility index (Phi) is 2.79. The van der Waals surface area contributed by atoms with Crippen molar-refractivity contribution in [1.29, 1.82) is 0 Å². The number of hydrogen-bond donors (Lipinski definition) is 1. The molecule has 2 aliphatic rings. The first kappa shape index (κ1) is 11.0. The van der Waals surface area contributed by atoms with Crippen LogP contribution in [0.2, 0.25) is 0 Å². The maximum Gasteiger partial charge on any atom is 0.125 e. The Morgan fingerprint density at radius 3 is 2.88 bits per heavy atom. The van der Waals surface area contributed by atoms with E-state index in [9.17, 15) is 4.39 Å². The first-order valence-electron chi connectivity index (χ1n) is 6.50. The van der Waals surface area contributed by atoms with Gasteiger partial charge in [-0.25, -0.2) is 4.39 Å². The third-order valence-corrected chi connectivity index (χ3v) is 3.83. The molecule has 17 heavy (non-hydrogen) atoms. The molecule has 1 saturated heterocycles.